The van der Waals surface area contributed by atoms with Crippen LogP contribution in [0.3, 0.4) is 0 Å². The van der Waals surface area contributed by atoms with Crippen LogP contribution in [-0.2, 0) is 33.7 Å². The Bertz CT molecular complexity index is 1640. The molecule has 43 heavy (non-hydrogen) atoms. The zero-order valence-corrected chi connectivity index (χ0v) is 25.6. The number of carboxylic acid groups (broad SMARTS) is 1. The number of carboxylic acids is 1. The van der Waals surface area contributed by atoms with Gasteiger partial charge in [0.1, 0.15) is 0 Å². The van der Waals surface area contributed by atoms with Gasteiger partial charge in [-0.1, -0.05) is 6.07 Å². The van der Waals surface area contributed by atoms with Crippen LogP contribution in [-0.4, -0.2) is 36.3 Å². The number of aliphatic carboxylic acids is 1. The topological polar surface area (TPSA) is 85.3 Å². The molecule has 3 aromatic carbocycles. The van der Waals surface area contributed by atoms with Crippen LogP contribution >= 0.6 is 0 Å². The molecule has 0 saturated carbocycles. The third kappa shape index (κ3) is 5.35. The summed E-state index contributed by atoms with van der Waals surface area (Å²) in [5.74, 6) is -2.38. The number of amides is 1. The number of para-hydroxylation sites is 1. The summed E-state index contributed by atoms with van der Waals surface area (Å²) < 4.78 is 47.4. The monoisotopic (exact) mass is 593 g/mol. The molecule has 1 N–H and O–H groups in total. The number of carbonyl (C=O) groups is 2. The molecule has 7 nitrogen and oxygen atoms in total. The quantitative estimate of drug-likeness (QED) is 0.334. The summed E-state index contributed by atoms with van der Waals surface area (Å²) in [7, 11) is 1.35. The maximum atomic E-state index is 15.6. The molecule has 228 valence electrons. The van der Waals surface area contributed by atoms with Crippen LogP contribution in [0.25, 0.3) is 11.1 Å². The fourth-order valence-electron chi connectivity index (χ4n) is 6.41. The van der Waals surface area contributed by atoms with Crippen LogP contribution in [0.4, 0.5) is 14.5 Å². The normalized spacial score (nSPS) is 15.5. The highest BCUT2D eigenvalue weighted by Crippen LogP contribution is 2.47. The van der Waals surface area contributed by atoms with E-state index in [1.807, 2.05) is 13.8 Å². The number of nitrogens with zero attached hydrogens (tertiary/aromatic N) is 1. The lowest BCUT2D eigenvalue weighted by atomic mass is 9.78. The second-order valence-corrected chi connectivity index (χ2v) is 12.2. The van der Waals surface area contributed by atoms with Crippen LogP contribution in [0, 0.1) is 32.4 Å². The standard InChI is InChI=1S/C34H37F2NO6/c1-17-20-10-9-13-42-30(20)25(36)14-22(17)28-19(3)23-16-37(26-12-8-11-24(35)31(26)41-7)27(38)15-21(23)18(2)29(28)32(33(39)40)43-34(4,5)6/h8,11-12,14,32H,9-10,13,15-16H2,1-7H3,(H,39,40). The van der Waals surface area contributed by atoms with Gasteiger partial charge in [-0.15, -0.1) is 0 Å². The Balaban J connectivity index is 1.82. The molecule has 0 radical (unpaired) electrons. The lowest BCUT2D eigenvalue weighted by Crippen LogP contribution is -2.38. The van der Waals surface area contributed by atoms with Crippen molar-refractivity contribution in [3.05, 3.63) is 74.8 Å². The van der Waals surface area contributed by atoms with Crippen molar-refractivity contribution in [2.45, 2.75) is 79.1 Å². The van der Waals surface area contributed by atoms with Crippen molar-refractivity contribution in [3.8, 4) is 22.6 Å². The van der Waals surface area contributed by atoms with Gasteiger partial charge < -0.3 is 24.2 Å². The van der Waals surface area contributed by atoms with Crippen molar-refractivity contribution >= 4 is 17.6 Å². The number of anilines is 1. The molecule has 0 bridgehead atoms. The lowest BCUT2D eigenvalue weighted by molar-refractivity contribution is -0.160. The summed E-state index contributed by atoms with van der Waals surface area (Å²) in [5, 5.41) is 10.5. The van der Waals surface area contributed by atoms with E-state index in [9.17, 15) is 19.1 Å². The lowest BCUT2D eigenvalue weighted by Gasteiger charge is -2.36. The molecule has 0 aliphatic carbocycles. The summed E-state index contributed by atoms with van der Waals surface area (Å²) in [6.07, 6.45) is -0.0526. The number of carbonyl (C=O) groups excluding carboxylic acids is 1. The molecule has 1 amide bonds. The third-order valence-corrected chi connectivity index (χ3v) is 8.37. The van der Waals surface area contributed by atoms with E-state index in [0.29, 0.717) is 52.1 Å². The number of methoxy groups -OCH3 is 1. The predicted molar refractivity (Wildman–Crippen MR) is 159 cm³/mol. The van der Waals surface area contributed by atoms with Crippen molar-refractivity contribution < 1.29 is 37.7 Å². The summed E-state index contributed by atoms with van der Waals surface area (Å²) >= 11 is 0. The second kappa shape index (κ2) is 11.3. The number of halogens is 2. The van der Waals surface area contributed by atoms with E-state index >= 15 is 4.39 Å². The molecule has 0 fully saturated rings. The zero-order valence-electron chi connectivity index (χ0n) is 25.6. The molecule has 2 aliphatic rings. The SMILES string of the molecule is COc1c(F)cccc1N1Cc2c(C)c(-c3cc(F)c4c(c3C)CCCO4)c(C(OC(C)(C)C)C(=O)O)c(C)c2CC1=O. The van der Waals surface area contributed by atoms with E-state index in [4.69, 9.17) is 14.2 Å². The fourth-order valence-corrected chi connectivity index (χ4v) is 6.41. The van der Waals surface area contributed by atoms with Crippen molar-refractivity contribution in [2.75, 3.05) is 18.6 Å². The van der Waals surface area contributed by atoms with E-state index in [-0.39, 0.29) is 30.4 Å². The van der Waals surface area contributed by atoms with Crippen LogP contribution in [0.1, 0.15) is 72.2 Å². The van der Waals surface area contributed by atoms with Gasteiger partial charge in [0.25, 0.3) is 0 Å². The Morgan fingerprint density at radius 3 is 2.42 bits per heavy atom. The summed E-state index contributed by atoms with van der Waals surface area (Å²) in [5.41, 5.74) is 5.31. The van der Waals surface area contributed by atoms with Gasteiger partial charge in [0, 0.05) is 11.1 Å². The Morgan fingerprint density at radius 1 is 1.05 bits per heavy atom. The molecule has 5 rings (SSSR count). The van der Waals surface area contributed by atoms with Crippen LogP contribution in [0.15, 0.2) is 24.3 Å². The first-order valence-corrected chi connectivity index (χ1v) is 14.4. The van der Waals surface area contributed by atoms with Crippen molar-refractivity contribution in [2.24, 2.45) is 0 Å². The highest BCUT2D eigenvalue weighted by molar-refractivity contribution is 5.99. The molecular weight excluding hydrogens is 556 g/mol. The first-order valence-electron chi connectivity index (χ1n) is 14.4. The minimum atomic E-state index is -1.38. The van der Waals surface area contributed by atoms with E-state index in [2.05, 4.69) is 0 Å². The van der Waals surface area contributed by atoms with Gasteiger partial charge in [-0.05, 0) is 112 Å². The van der Waals surface area contributed by atoms with Gasteiger partial charge in [-0.25, -0.2) is 13.6 Å². The summed E-state index contributed by atoms with van der Waals surface area (Å²) in [6, 6.07) is 5.82. The number of hydrogen-bond donors (Lipinski definition) is 1. The average Bonchev–Trinajstić information content (AvgIpc) is 2.95. The predicted octanol–water partition coefficient (Wildman–Crippen LogP) is 6.92. The Labute approximate surface area is 250 Å². The second-order valence-electron chi connectivity index (χ2n) is 12.2. The molecule has 0 saturated heterocycles. The van der Waals surface area contributed by atoms with E-state index < -0.39 is 29.3 Å². The van der Waals surface area contributed by atoms with Gasteiger partial charge in [0.2, 0.25) is 5.91 Å². The van der Waals surface area contributed by atoms with Crippen LogP contribution in [0.2, 0.25) is 0 Å². The number of benzene rings is 3. The highest BCUT2D eigenvalue weighted by atomic mass is 19.1. The van der Waals surface area contributed by atoms with Crippen molar-refractivity contribution in [1.29, 1.82) is 0 Å². The average molecular weight is 594 g/mol. The van der Waals surface area contributed by atoms with E-state index in [1.54, 1.807) is 33.8 Å². The van der Waals surface area contributed by atoms with Crippen LogP contribution < -0.4 is 14.4 Å². The van der Waals surface area contributed by atoms with Crippen LogP contribution in [0.5, 0.6) is 11.5 Å². The first kappa shape index (κ1) is 30.5. The first-order chi connectivity index (χ1) is 20.2. The maximum Gasteiger partial charge on any atom is 0.337 e. The van der Waals surface area contributed by atoms with E-state index in [1.165, 1.54) is 30.2 Å². The molecule has 2 heterocycles. The van der Waals surface area contributed by atoms with Gasteiger partial charge in [0.15, 0.2) is 29.2 Å². The molecule has 9 heteroatoms. The smallest absolute Gasteiger partial charge is 0.337 e. The Hall–Kier alpha value is -3.98. The minimum Gasteiger partial charge on any atom is -0.492 e. The molecule has 2 aliphatic heterocycles. The molecule has 0 spiro atoms. The number of rotatable bonds is 6. The molecular formula is C34H37F2NO6. The summed E-state index contributed by atoms with van der Waals surface area (Å²) in [6.45, 7) is 11.4. The number of hydrogen-bond acceptors (Lipinski definition) is 5. The molecule has 0 aromatic heterocycles. The molecule has 3 aromatic rings. The Morgan fingerprint density at radius 2 is 1.77 bits per heavy atom. The van der Waals surface area contributed by atoms with E-state index in [0.717, 1.165) is 23.1 Å². The maximum absolute atomic E-state index is 15.6. The van der Waals surface area contributed by atoms with Crippen molar-refractivity contribution in [3.63, 3.8) is 0 Å². The molecule has 1 unspecified atom stereocenters. The van der Waals surface area contributed by atoms with Gasteiger partial charge in [-0.3, -0.25) is 4.79 Å². The molecule has 1 atom stereocenters. The highest BCUT2D eigenvalue weighted by Gasteiger charge is 2.38. The number of fused-ring (bicyclic) bond motifs is 2. The fraction of sp³-hybridized carbons (Fsp3) is 0.412. The van der Waals surface area contributed by atoms with Crippen molar-refractivity contribution in [1.82, 2.24) is 0 Å². The Kier molecular flexibility index (Phi) is 7.98. The van der Waals surface area contributed by atoms with Gasteiger partial charge in [-0.2, -0.15) is 0 Å². The number of ether oxygens (including phenoxy) is 3. The minimum absolute atomic E-state index is 0.0392. The van der Waals surface area contributed by atoms with Gasteiger partial charge in [0.05, 0.1) is 38.0 Å². The summed E-state index contributed by atoms with van der Waals surface area (Å²) in [4.78, 5) is 27.9. The largest absolute Gasteiger partial charge is 0.492 e. The zero-order chi connectivity index (χ0) is 31.4. The third-order valence-electron chi connectivity index (χ3n) is 8.37. The van der Waals surface area contributed by atoms with Gasteiger partial charge >= 0.3 is 5.97 Å².